The van der Waals surface area contributed by atoms with Gasteiger partial charge in [0.05, 0.1) is 18.1 Å². The summed E-state index contributed by atoms with van der Waals surface area (Å²) in [4.78, 5) is 38.3. The molecule has 0 bridgehead atoms. The van der Waals surface area contributed by atoms with E-state index in [1.165, 1.54) is 4.90 Å². The molecule has 2 aliphatic rings. The van der Waals surface area contributed by atoms with Gasteiger partial charge in [-0.15, -0.1) is 5.10 Å². The highest BCUT2D eigenvalue weighted by Crippen LogP contribution is 2.32. The smallest absolute Gasteiger partial charge is 0.255 e. The van der Waals surface area contributed by atoms with Crippen molar-refractivity contribution in [3.63, 3.8) is 0 Å². The van der Waals surface area contributed by atoms with Crippen LogP contribution in [0.2, 0.25) is 0 Å². The summed E-state index contributed by atoms with van der Waals surface area (Å²) >= 11 is 0. The maximum absolute atomic E-state index is 13.0. The van der Waals surface area contributed by atoms with Gasteiger partial charge in [0, 0.05) is 35.3 Å². The second-order valence-corrected chi connectivity index (χ2v) is 9.95. The average Bonchev–Trinajstić information content (AvgIpc) is 3.39. The Balaban J connectivity index is 1.41. The number of fused-ring (bicyclic) bond motifs is 1. The fourth-order valence-electron chi connectivity index (χ4n) is 4.22. The predicted molar refractivity (Wildman–Crippen MR) is 121 cm³/mol. The van der Waals surface area contributed by atoms with Crippen LogP contribution in [-0.2, 0) is 26.2 Å². The van der Waals surface area contributed by atoms with Crippen LogP contribution in [0.25, 0.3) is 16.9 Å². The van der Waals surface area contributed by atoms with Gasteiger partial charge in [0.15, 0.2) is 0 Å². The van der Waals surface area contributed by atoms with Crippen LogP contribution in [0.4, 0.5) is 5.69 Å². The molecule has 1 atom stereocenters. The highest BCUT2D eigenvalue weighted by atomic mass is 32.2. The number of hydrogen-bond donors (Lipinski definition) is 2. The molecule has 1 unspecified atom stereocenters. The Morgan fingerprint density at radius 2 is 1.85 bits per heavy atom. The number of benzene rings is 2. The third-order valence-corrected chi connectivity index (χ3v) is 6.39. The number of piperidine rings is 1. The minimum atomic E-state index is -3.37. The summed E-state index contributed by atoms with van der Waals surface area (Å²) in [7, 11) is -3.37. The molecule has 5 rings (SSSR count). The van der Waals surface area contributed by atoms with Crippen molar-refractivity contribution < 1.29 is 22.8 Å². The monoisotopic (exact) mass is 480 g/mol. The van der Waals surface area contributed by atoms with Crippen molar-refractivity contribution in [2.45, 2.75) is 25.4 Å². The molecule has 1 fully saturated rings. The maximum Gasteiger partial charge on any atom is 0.255 e. The zero-order valence-electron chi connectivity index (χ0n) is 18.1. The molecule has 11 nitrogen and oxygen atoms in total. The first-order chi connectivity index (χ1) is 16.2. The van der Waals surface area contributed by atoms with Crippen LogP contribution in [0.5, 0.6) is 0 Å². The van der Waals surface area contributed by atoms with E-state index in [0.717, 1.165) is 17.4 Å². The first-order valence-electron chi connectivity index (χ1n) is 10.5. The summed E-state index contributed by atoms with van der Waals surface area (Å²) in [5, 5.41) is 10.7. The minimum Gasteiger partial charge on any atom is -0.322 e. The molecular weight excluding hydrogens is 460 g/mol. The van der Waals surface area contributed by atoms with Crippen LogP contribution in [0.3, 0.4) is 0 Å². The molecule has 12 heteroatoms. The Labute approximate surface area is 194 Å². The summed E-state index contributed by atoms with van der Waals surface area (Å²) in [5.74, 6) is -1.06. The van der Waals surface area contributed by atoms with E-state index in [0.29, 0.717) is 22.6 Å². The molecule has 1 saturated heterocycles. The van der Waals surface area contributed by atoms with E-state index in [4.69, 9.17) is 0 Å². The number of hydrogen-bond acceptors (Lipinski definition) is 7. The number of carbonyl (C=O) groups excluding carboxylic acids is 3. The van der Waals surface area contributed by atoms with Crippen molar-refractivity contribution >= 4 is 33.4 Å². The van der Waals surface area contributed by atoms with Crippen molar-refractivity contribution in [2.75, 3.05) is 11.0 Å². The van der Waals surface area contributed by atoms with Gasteiger partial charge in [-0.25, -0.2) is 13.1 Å². The van der Waals surface area contributed by atoms with Crippen molar-refractivity contribution in [3.05, 3.63) is 59.8 Å². The second kappa shape index (κ2) is 8.06. The lowest BCUT2D eigenvalue weighted by atomic mass is 10.0. The largest absolute Gasteiger partial charge is 0.322 e. The fraction of sp³-hybridized carbons (Fsp3) is 0.227. The number of aromatic nitrogens is 3. The first kappa shape index (κ1) is 21.8. The number of amides is 3. The normalized spacial score (nSPS) is 18.1. The van der Waals surface area contributed by atoms with E-state index >= 15 is 0 Å². The van der Waals surface area contributed by atoms with E-state index < -0.39 is 22.0 Å². The van der Waals surface area contributed by atoms with Crippen LogP contribution in [0, 0.1) is 0 Å². The molecule has 0 saturated carbocycles. The van der Waals surface area contributed by atoms with Crippen molar-refractivity contribution in [1.29, 1.82) is 0 Å². The predicted octanol–water partition coefficient (Wildman–Crippen LogP) is 1.07. The molecule has 0 spiro atoms. The van der Waals surface area contributed by atoms with Gasteiger partial charge in [-0.3, -0.25) is 24.4 Å². The van der Waals surface area contributed by atoms with E-state index in [1.807, 2.05) is 6.07 Å². The van der Waals surface area contributed by atoms with Gasteiger partial charge in [-0.05, 0) is 30.7 Å². The summed E-state index contributed by atoms with van der Waals surface area (Å²) in [5.41, 5.74) is 3.60. The van der Waals surface area contributed by atoms with Crippen molar-refractivity contribution in [3.8, 4) is 16.9 Å². The molecule has 2 aliphatic heterocycles. The van der Waals surface area contributed by atoms with E-state index in [1.54, 1.807) is 47.3 Å². The van der Waals surface area contributed by atoms with Crippen molar-refractivity contribution in [2.24, 2.45) is 0 Å². The molecule has 2 aromatic carbocycles. The van der Waals surface area contributed by atoms with Crippen LogP contribution < -0.4 is 10.0 Å². The molecule has 1 aromatic heterocycles. The van der Waals surface area contributed by atoms with Crippen molar-refractivity contribution in [1.82, 2.24) is 25.2 Å². The van der Waals surface area contributed by atoms with Gasteiger partial charge < -0.3 is 4.90 Å². The molecule has 3 aromatic rings. The number of nitrogens with zero attached hydrogens (tertiary/aromatic N) is 4. The van der Waals surface area contributed by atoms with Gasteiger partial charge in [0.25, 0.3) is 5.91 Å². The number of nitrogens with one attached hydrogen (secondary N) is 2. The number of imide groups is 1. The average molecular weight is 481 g/mol. The minimum absolute atomic E-state index is 0.189. The third-order valence-electron chi connectivity index (χ3n) is 5.78. The third kappa shape index (κ3) is 4.03. The number of carbonyl (C=O) groups is 3. The highest BCUT2D eigenvalue weighted by Gasteiger charge is 2.40. The quantitative estimate of drug-likeness (QED) is 0.520. The Bertz CT molecular complexity index is 1430. The maximum atomic E-state index is 13.0. The molecule has 2 N–H and O–H groups in total. The molecule has 0 radical (unpaired) electrons. The lowest BCUT2D eigenvalue weighted by Crippen LogP contribution is -2.52. The highest BCUT2D eigenvalue weighted by molar-refractivity contribution is 7.92. The zero-order valence-corrected chi connectivity index (χ0v) is 18.9. The standard InChI is InChI=1S/C22H20N6O5S/c1-34(32,33)25-14-7-5-13(6-8-14)17-12-28(26-24-17)18-4-2-3-15-16(18)11-27(22(15)31)19-9-10-20(29)23-21(19)30/h2-8,12,19,25H,9-11H2,1H3,(H,23,29,30). The van der Waals surface area contributed by atoms with Crippen LogP contribution >= 0.6 is 0 Å². The Kier molecular flexibility index (Phi) is 5.16. The lowest BCUT2D eigenvalue weighted by molar-refractivity contribution is -0.136. The molecule has 3 amide bonds. The lowest BCUT2D eigenvalue weighted by Gasteiger charge is -2.29. The summed E-state index contributed by atoms with van der Waals surface area (Å²) in [6.07, 6.45) is 3.27. The molecular formula is C22H20N6O5S. The van der Waals surface area contributed by atoms with Gasteiger partial charge in [0.2, 0.25) is 21.8 Å². The first-order valence-corrected chi connectivity index (χ1v) is 12.4. The molecule has 34 heavy (non-hydrogen) atoms. The van der Waals surface area contributed by atoms with Gasteiger partial charge in [-0.2, -0.15) is 0 Å². The Hall–Kier alpha value is -4.06. The van der Waals surface area contributed by atoms with E-state index in [2.05, 4.69) is 20.4 Å². The molecule has 3 heterocycles. The van der Waals surface area contributed by atoms with Gasteiger partial charge >= 0.3 is 0 Å². The topological polar surface area (TPSA) is 143 Å². The Morgan fingerprint density at radius 3 is 2.56 bits per heavy atom. The number of rotatable bonds is 5. The summed E-state index contributed by atoms with van der Waals surface area (Å²) < 4.78 is 26.7. The van der Waals surface area contributed by atoms with Crippen LogP contribution in [0.15, 0.2) is 48.7 Å². The SMILES string of the molecule is CS(=O)(=O)Nc1ccc(-c2cn(-c3cccc4c3CN(C3CCC(=O)NC3=O)C4=O)nn2)cc1. The zero-order chi connectivity index (χ0) is 24.0. The summed E-state index contributed by atoms with van der Waals surface area (Å²) in [6.45, 7) is 0.220. The number of anilines is 1. The van der Waals surface area contributed by atoms with Gasteiger partial charge in [-0.1, -0.05) is 23.4 Å². The number of sulfonamides is 1. The van der Waals surface area contributed by atoms with E-state index in [-0.39, 0.29) is 31.2 Å². The van der Waals surface area contributed by atoms with Crippen LogP contribution in [-0.4, -0.2) is 58.3 Å². The Morgan fingerprint density at radius 1 is 1.09 bits per heavy atom. The van der Waals surface area contributed by atoms with Gasteiger partial charge in [0.1, 0.15) is 11.7 Å². The molecule has 174 valence electrons. The van der Waals surface area contributed by atoms with E-state index in [9.17, 15) is 22.8 Å². The summed E-state index contributed by atoms with van der Waals surface area (Å²) in [6, 6.07) is 11.3. The molecule has 0 aliphatic carbocycles. The van der Waals surface area contributed by atoms with Crippen LogP contribution in [0.1, 0.15) is 28.8 Å². The second-order valence-electron chi connectivity index (χ2n) is 8.20. The fourth-order valence-corrected chi connectivity index (χ4v) is 4.79.